The fraction of sp³-hybridized carbons (Fsp3) is 0. The average molecular weight is 640 g/mol. The molecule has 0 fully saturated rings. The predicted molar refractivity (Wildman–Crippen MR) is 210 cm³/mol. The van der Waals surface area contributed by atoms with Crippen LogP contribution in [-0.4, -0.2) is 9.55 Å². The lowest BCUT2D eigenvalue weighted by Gasteiger charge is -2.26. The average Bonchev–Trinajstić information content (AvgIpc) is 3.54. The number of rotatable bonds is 7. The summed E-state index contributed by atoms with van der Waals surface area (Å²) >= 11 is 0. The van der Waals surface area contributed by atoms with Crippen molar-refractivity contribution >= 4 is 39.0 Å². The van der Waals surface area contributed by atoms with Crippen LogP contribution in [0.4, 0.5) is 17.1 Å². The Morgan fingerprint density at radius 1 is 0.360 bits per heavy atom. The molecular formula is C47H33N3. The van der Waals surface area contributed by atoms with Crippen LogP contribution in [0.25, 0.3) is 61.0 Å². The monoisotopic (exact) mass is 639 g/mol. The minimum Gasteiger partial charge on any atom is -0.311 e. The molecule has 0 atom stereocenters. The topological polar surface area (TPSA) is 21.1 Å². The Hall–Kier alpha value is -6.71. The summed E-state index contributed by atoms with van der Waals surface area (Å²) < 4.78 is 2.27. The number of anilines is 3. The standard InChI is InChI=1S/C47H33N3/c1-3-11-34(12-4-1)36-20-26-40(27-21-36)49(41-28-22-37(23-29-41)35-13-5-2-6-14-35)42-30-24-38(25-31-42)39-15-9-16-43(33-39)50-46-19-8-7-17-44(46)45-18-10-32-48-47(45)50/h1-33H. The molecule has 2 heterocycles. The van der Waals surface area contributed by atoms with Crippen molar-refractivity contribution in [3.05, 3.63) is 200 Å². The van der Waals surface area contributed by atoms with Crippen LogP contribution >= 0.6 is 0 Å². The van der Waals surface area contributed by atoms with Crippen LogP contribution in [0.2, 0.25) is 0 Å². The van der Waals surface area contributed by atoms with Gasteiger partial charge in [-0.2, -0.15) is 0 Å². The molecular weight excluding hydrogens is 607 g/mol. The molecule has 2 aromatic heterocycles. The Balaban J connectivity index is 1.09. The first-order valence-electron chi connectivity index (χ1n) is 17.0. The molecule has 9 rings (SSSR count). The number of aromatic nitrogens is 2. The second-order valence-corrected chi connectivity index (χ2v) is 12.5. The molecule has 0 aliphatic heterocycles. The number of benzene rings is 7. The molecule has 0 unspecified atom stereocenters. The SMILES string of the molecule is c1ccc(-c2ccc(N(c3ccc(-c4ccccc4)cc3)c3ccc(-c4cccc(-n5c6ccccc6c6cccnc65)c4)cc3)cc2)cc1. The summed E-state index contributed by atoms with van der Waals surface area (Å²) in [5, 5.41) is 2.37. The molecule has 0 amide bonds. The van der Waals surface area contributed by atoms with Gasteiger partial charge in [0.05, 0.1) is 5.52 Å². The van der Waals surface area contributed by atoms with Crippen molar-refractivity contribution in [2.75, 3.05) is 4.90 Å². The van der Waals surface area contributed by atoms with E-state index in [1.807, 2.05) is 12.3 Å². The van der Waals surface area contributed by atoms with Crippen molar-refractivity contribution in [3.8, 4) is 39.1 Å². The smallest absolute Gasteiger partial charge is 0.145 e. The van der Waals surface area contributed by atoms with Gasteiger partial charge in [0.2, 0.25) is 0 Å². The first-order chi connectivity index (χ1) is 24.8. The van der Waals surface area contributed by atoms with Crippen LogP contribution in [0, 0.1) is 0 Å². The fourth-order valence-electron chi connectivity index (χ4n) is 7.00. The van der Waals surface area contributed by atoms with Crippen LogP contribution in [0.3, 0.4) is 0 Å². The lowest BCUT2D eigenvalue weighted by molar-refractivity contribution is 1.14. The lowest BCUT2D eigenvalue weighted by Crippen LogP contribution is -2.09. The van der Waals surface area contributed by atoms with E-state index in [4.69, 9.17) is 4.98 Å². The second-order valence-electron chi connectivity index (χ2n) is 12.5. The highest BCUT2D eigenvalue weighted by Gasteiger charge is 2.15. The van der Waals surface area contributed by atoms with Crippen molar-refractivity contribution in [3.63, 3.8) is 0 Å². The van der Waals surface area contributed by atoms with E-state index in [9.17, 15) is 0 Å². The van der Waals surface area contributed by atoms with Gasteiger partial charge in [0, 0.05) is 39.7 Å². The summed E-state index contributed by atoms with van der Waals surface area (Å²) in [6, 6.07) is 69.1. The van der Waals surface area contributed by atoms with Gasteiger partial charge in [-0.05, 0) is 100 Å². The third-order valence-electron chi connectivity index (χ3n) is 9.46. The summed E-state index contributed by atoms with van der Waals surface area (Å²) in [4.78, 5) is 7.12. The largest absolute Gasteiger partial charge is 0.311 e. The van der Waals surface area contributed by atoms with E-state index in [0.29, 0.717) is 0 Å². The highest BCUT2D eigenvalue weighted by atomic mass is 15.1. The van der Waals surface area contributed by atoms with Crippen molar-refractivity contribution in [2.45, 2.75) is 0 Å². The summed E-state index contributed by atoms with van der Waals surface area (Å²) in [6.45, 7) is 0. The second kappa shape index (κ2) is 12.7. The van der Waals surface area contributed by atoms with E-state index in [0.717, 1.165) is 50.4 Å². The summed E-state index contributed by atoms with van der Waals surface area (Å²) in [6.07, 6.45) is 1.87. The molecule has 0 bridgehead atoms. The van der Waals surface area contributed by atoms with Gasteiger partial charge in [0.15, 0.2) is 0 Å². The molecule has 0 spiro atoms. The Bertz CT molecular complexity index is 2420. The minimum atomic E-state index is 0.966. The molecule has 7 aromatic carbocycles. The number of para-hydroxylation sites is 1. The van der Waals surface area contributed by atoms with E-state index in [2.05, 4.69) is 198 Å². The van der Waals surface area contributed by atoms with E-state index < -0.39 is 0 Å². The van der Waals surface area contributed by atoms with Crippen LogP contribution < -0.4 is 4.90 Å². The van der Waals surface area contributed by atoms with Gasteiger partial charge in [0.1, 0.15) is 5.65 Å². The van der Waals surface area contributed by atoms with Crippen LogP contribution in [0.15, 0.2) is 200 Å². The van der Waals surface area contributed by atoms with Gasteiger partial charge in [-0.15, -0.1) is 0 Å². The van der Waals surface area contributed by atoms with Gasteiger partial charge in [-0.3, -0.25) is 4.57 Å². The lowest BCUT2D eigenvalue weighted by atomic mass is 10.0. The Kier molecular flexibility index (Phi) is 7.49. The first-order valence-corrected chi connectivity index (χ1v) is 17.0. The molecule has 3 heteroatoms. The van der Waals surface area contributed by atoms with Crippen LogP contribution in [0.5, 0.6) is 0 Å². The minimum absolute atomic E-state index is 0.966. The van der Waals surface area contributed by atoms with Gasteiger partial charge in [-0.1, -0.05) is 127 Å². The summed E-state index contributed by atoms with van der Waals surface area (Å²) in [7, 11) is 0. The molecule has 0 saturated heterocycles. The Morgan fingerprint density at radius 3 is 1.40 bits per heavy atom. The van der Waals surface area contributed by atoms with Crippen molar-refractivity contribution in [1.29, 1.82) is 0 Å². The molecule has 0 N–H and O–H groups in total. The molecule has 236 valence electrons. The van der Waals surface area contributed by atoms with E-state index >= 15 is 0 Å². The highest BCUT2D eigenvalue weighted by Crippen LogP contribution is 2.38. The maximum atomic E-state index is 4.79. The van der Waals surface area contributed by atoms with E-state index in [1.54, 1.807) is 0 Å². The van der Waals surface area contributed by atoms with Gasteiger partial charge in [0.25, 0.3) is 0 Å². The zero-order valence-corrected chi connectivity index (χ0v) is 27.4. The maximum absolute atomic E-state index is 4.79. The molecule has 50 heavy (non-hydrogen) atoms. The summed E-state index contributed by atoms with van der Waals surface area (Å²) in [5.41, 5.74) is 13.6. The molecule has 0 aliphatic rings. The zero-order valence-electron chi connectivity index (χ0n) is 27.4. The van der Waals surface area contributed by atoms with Gasteiger partial charge < -0.3 is 4.90 Å². The van der Waals surface area contributed by atoms with Gasteiger partial charge >= 0.3 is 0 Å². The zero-order chi connectivity index (χ0) is 33.3. The Labute approximate surface area is 292 Å². The predicted octanol–water partition coefficient (Wildman–Crippen LogP) is 12.6. The third kappa shape index (κ3) is 5.41. The summed E-state index contributed by atoms with van der Waals surface area (Å²) in [5.74, 6) is 0. The number of hydrogen-bond acceptors (Lipinski definition) is 2. The third-order valence-corrected chi connectivity index (χ3v) is 9.46. The van der Waals surface area contributed by atoms with Crippen LogP contribution in [-0.2, 0) is 0 Å². The van der Waals surface area contributed by atoms with Gasteiger partial charge in [-0.25, -0.2) is 4.98 Å². The van der Waals surface area contributed by atoms with Crippen LogP contribution in [0.1, 0.15) is 0 Å². The quantitative estimate of drug-likeness (QED) is 0.173. The molecule has 0 saturated carbocycles. The first kappa shape index (κ1) is 29.4. The Morgan fingerprint density at radius 2 is 0.820 bits per heavy atom. The maximum Gasteiger partial charge on any atom is 0.145 e. The fourth-order valence-corrected chi connectivity index (χ4v) is 7.00. The van der Waals surface area contributed by atoms with Crippen molar-refractivity contribution in [1.82, 2.24) is 9.55 Å². The van der Waals surface area contributed by atoms with E-state index in [-0.39, 0.29) is 0 Å². The van der Waals surface area contributed by atoms with E-state index in [1.165, 1.54) is 27.6 Å². The number of hydrogen-bond donors (Lipinski definition) is 0. The van der Waals surface area contributed by atoms with Crippen molar-refractivity contribution < 1.29 is 0 Å². The molecule has 9 aromatic rings. The molecule has 0 radical (unpaired) electrons. The highest BCUT2D eigenvalue weighted by molar-refractivity contribution is 6.07. The number of fused-ring (bicyclic) bond motifs is 3. The normalized spacial score (nSPS) is 11.2. The molecule has 3 nitrogen and oxygen atoms in total. The number of nitrogens with zero attached hydrogens (tertiary/aromatic N) is 3. The van der Waals surface area contributed by atoms with Crippen molar-refractivity contribution in [2.24, 2.45) is 0 Å². The molecule has 0 aliphatic carbocycles. The number of pyridine rings is 1.